The van der Waals surface area contributed by atoms with Crippen LogP contribution in [-0.4, -0.2) is 24.8 Å². The minimum Gasteiger partial charge on any atom is -0.374 e. The zero-order chi connectivity index (χ0) is 14.8. The Kier molecular flexibility index (Phi) is 8.79. The molecule has 1 rings (SSSR count). The third kappa shape index (κ3) is 5.04. The monoisotopic (exact) mass is 283 g/mol. The number of nitrogens with one attached hydrogen (secondary N) is 1. The third-order valence-corrected chi connectivity index (χ3v) is 5.13. The first-order valence-electron chi connectivity index (χ1n) is 9.09. The second-order valence-electron chi connectivity index (χ2n) is 6.48. The first kappa shape index (κ1) is 18.0. The van der Waals surface area contributed by atoms with Gasteiger partial charge >= 0.3 is 0 Å². The fraction of sp³-hybridized carbons (Fsp3) is 1.00. The molecule has 1 unspecified atom stereocenters. The molecular formula is C18H37NO. The van der Waals surface area contributed by atoms with Crippen molar-refractivity contribution in [3.05, 3.63) is 0 Å². The van der Waals surface area contributed by atoms with Gasteiger partial charge in [-0.1, -0.05) is 52.9 Å². The number of ether oxygens (including phenoxy) is 1. The summed E-state index contributed by atoms with van der Waals surface area (Å²) in [5.41, 5.74) is 0.116. The van der Waals surface area contributed by atoms with Crippen molar-refractivity contribution in [2.45, 2.75) is 97.1 Å². The van der Waals surface area contributed by atoms with E-state index in [1.165, 1.54) is 57.8 Å². The largest absolute Gasteiger partial charge is 0.374 e. The zero-order valence-corrected chi connectivity index (χ0v) is 14.3. The lowest BCUT2D eigenvalue weighted by Gasteiger charge is -2.45. The lowest BCUT2D eigenvalue weighted by molar-refractivity contribution is -0.0944. The molecule has 1 saturated carbocycles. The average Bonchev–Trinajstić information content (AvgIpc) is 2.49. The van der Waals surface area contributed by atoms with Crippen molar-refractivity contribution in [2.75, 3.05) is 13.2 Å². The number of rotatable bonds is 10. The summed E-state index contributed by atoms with van der Waals surface area (Å²) in [7, 11) is 0. The minimum absolute atomic E-state index is 0.116. The Balaban J connectivity index is 2.79. The Morgan fingerprint density at radius 1 is 1.00 bits per heavy atom. The van der Waals surface area contributed by atoms with Gasteiger partial charge in [0.25, 0.3) is 0 Å². The van der Waals surface area contributed by atoms with Crippen LogP contribution in [0, 0.1) is 5.92 Å². The van der Waals surface area contributed by atoms with Gasteiger partial charge in [0.15, 0.2) is 0 Å². The van der Waals surface area contributed by atoms with E-state index in [1.807, 2.05) is 0 Å². The van der Waals surface area contributed by atoms with Gasteiger partial charge in [-0.3, -0.25) is 0 Å². The van der Waals surface area contributed by atoms with Crippen LogP contribution in [0.25, 0.3) is 0 Å². The number of hydrogen-bond donors (Lipinski definition) is 1. The Hall–Kier alpha value is -0.0800. The van der Waals surface area contributed by atoms with E-state index < -0.39 is 0 Å². The third-order valence-electron chi connectivity index (χ3n) is 5.13. The highest BCUT2D eigenvalue weighted by molar-refractivity contribution is 4.96. The minimum atomic E-state index is 0.116. The highest BCUT2D eigenvalue weighted by atomic mass is 16.5. The van der Waals surface area contributed by atoms with Crippen LogP contribution in [0.2, 0.25) is 0 Å². The molecule has 1 atom stereocenters. The molecular weight excluding hydrogens is 246 g/mol. The molecule has 1 N–H and O–H groups in total. The van der Waals surface area contributed by atoms with Gasteiger partial charge in [0.2, 0.25) is 0 Å². The first-order chi connectivity index (χ1) is 9.72. The standard InChI is InChI=1S/C18H37NO/c1-5-14-19-17(15-16(6-2)7-3)18(20-8-4)12-10-9-11-13-18/h16-17,19H,5-15H2,1-4H3. The molecule has 1 aliphatic rings. The van der Waals surface area contributed by atoms with Crippen LogP contribution in [-0.2, 0) is 4.74 Å². The van der Waals surface area contributed by atoms with Crippen molar-refractivity contribution in [3.8, 4) is 0 Å². The molecule has 0 heterocycles. The Bertz CT molecular complexity index is 226. The van der Waals surface area contributed by atoms with E-state index >= 15 is 0 Å². The maximum atomic E-state index is 6.36. The molecule has 0 aromatic heterocycles. The summed E-state index contributed by atoms with van der Waals surface area (Å²) in [6.07, 6.45) is 11.7. The maximum absolute atomic E-state index is 6.36. The fourth-order valence-electron chi connectivity index (χ4n) is 3.79. The number of hydrogen-bond acceptors (Lipinski definition) is 2. The molecule has 0 saturated heterocycles. The van der Waals surface area contributed by atoms with E-state index in [0.29, 0.717) is 6.04 Å². The van der Waals surface area contributed by atoms with Gasteiger partial charge < -0.3 is 10.1 Å². The molecule has 0 aromatic rings. The molecule has 0 amide bonds. The van der Waals surface area contributed by atoms with Crippen LogP contribution < -0.4 is 5.32 Å². The van der Waals surface area contributed by atoms with Crippen LogP contribution in [0.4, 0.5) is 0 Å². The summed E-state index contributed by atoms with van der Waals surface area (Å²) in [6, 6.07) is 0.549. The average molecular weight is 284 g/mol. The summed E-state index contributed by atoms with van der Waals surface area (Å²) in [5.74, 6) is 0.837. The van der Waals surface area contributed by atoms with Gasteiger partial charge in [-0.2, -0.15) is 0 Å². The summed E-state index contributed by atoms with van der Waals surface area (Å²) in [4.78, 5) is 0. The van der Waals surface area contributed by atoms with Crippen LogP contribution in [0.1, 0.15) is 85.5 Å². The second-order valence-corrected chi connectivity index (χ2v) is 6.48. The molecule has 2 heteroatoms. The SMILES string of the molecule is CCCNC(CC(CC)CC)C1(OCC)CCCCC1. The zero-order valence-electron chi connectivity index (χ0n) is 14.3. The maximum Gasteiger partial charge on any atom is 0.0834 e. The van der Waals surface area contributed by atoms with Crippen molar-refractivity contribution in [1.29, 1.82) is 0 Å². The lowest BCUT2D eigenvalue weighted by Crippen LogP contribution is -2.54. The normalized spacial score (nSPS) is 20.2. The van der Waals surface area contributed by atoms with E-state index in [-0.39, 0.29) is 5.60 Å². The molecule has 20 heavy (non-hydrogen) atoms. The van der Waals surface area contributed by atoms with Crippen molar-refractivity contribution >= 4 is 0 Å². The van der Waals surface area contributed by atoms with Gasteiger partial charge in [-0.25, -0.2) is 0 Å². The van der Waals surface area contributed by atoms with Crippen molar-refractivity contribution in [1.82, 2.24) is 5.32 Å². The van der Waals surface area contributed by atoms with Gasteiger partial charge in [0.05, 0.1) is 5.60 Å². The van der Waals surface area contributed by atoms with E-state index in [0.717, 1.165) is 19.1 Å². The quantitative estimate of drug-likeness (QED) is 0.614. The highest BCUT2D eigenvalue weighted by Crippen LogP contribution is 2.37. The van der Waals surface area contributed by atoms with E-state index in [2.05, 4.69) is 33.0 Å². The van der Waals surface area contributed by atoms with Crippen molar-refractivity contribution < 1.29 is 4.74 Å². The highest BCUT2D eigenvalue weighted by Gasteiger charge is 2.40. The molecule has 0 spiro atoms. The van der Waals surface area contributed by atoms with Gasteiger partial charge in [-0.05, 0) is 45.1 Å². The second kappa shape index (κ2) is 9.78. The van der Waals surface area contributed by atoms with E-state index in [9.17, 15) is 0 Å². The molecule has 0 aromatic carbocycles. The van der Waals surface area contributed by atoms with Gasteiger partial charge in [-0.15, -0.1) is 0 Å². The predicted octanol–water partition coefficient (Wildman–Crippen LogP) is 4.92. The molecule has 0 bridgehead atoms. The van der Waals surface area contributed by atoms with Gasteiger partial charge in [0.1, 0.15) is 0 Å². The van der Waals surface area contributed by atoms with Crippen molar-refractivity contribution in [3.63, 3.8) is 0 Å². The summed E-state index contributed by atoms with van der Waals surface area (Å²) in [5, 5.41) is 3.84. The van der Waals surface area contributed by atoms with Crippen molar-refractivity contribution in [2.24, 2.45) is 5.92 Å². The molecule has 120 valence electrons. The van der Waals surface area contributed by atoms with Crippen LogP contribution >= 0.6 is 0 Å². The van der Waals surface area contributed by atoms with E-state index in [1.54, 1.807) is 0 Å². The van der Waals surface area contributed by atoms with Crippen LogP contribution in [0.15, 0.2) is 0 Å². The van der Waals surface area contributed by atoms with Gasteiger partial charge in [0, 0.05) is 12.6 Å². The van der Waals surface area contributed by atoms with E-state index in [4.69, 9.17) is 4.74 Å². The summed E-state index contributed by atoms with van der Waals surface area (Å²) < 4.78 is 6.36. The Morgan fingerprint density at radius 2 is 1.65 bits per heavy atom. The molecule has 0 aliphatic heterocycles. The lowest BCUT2D eigenvalue weighted by atomic mass is 9.75. The fourth-order valence-corrected chi connectivity index (χ4v) is 3.79. The predicted molar refractivity (Wildman–Crippen MR) is 88.2 cm³/mol. The summed E-state index contributed by atoms with van der Waals surface area (Å²) >= 11 is 0. The molecule has 1 aliphatic carbocycles. The molecule has 2 nitrogen and oxygen atoms in total. The molecule has 1 fully saturated rings. The van der Waals surface area contributed by atoms with Crippen LogP contribution in [0.5, 0.6) is 0 Å². The Morgan fingerprint density at radius 3 is 2.15 bits per heavy atom. The summed E-state index contributed by atoms with van der Waals surface area (Å²) in [6.45, 7) is 11.1. The smallest absolute Gasteiger partial charge is 0.0834 e. The Labute approximate surface area is 127 Å². The van der Waals surface area contributed by atoms with Crippen LogP contribution in [0.3, 0.4) is 0 Å². The molecule has 0 radical (unpaired) electrons. The topological polar surface area (TPSA) is 21.3 Å². The first-order valence-corrected chi connectivity index (χ1v) is 9.09.